The first-order chi connectivity index (χ1) is 17.4. The minimum absolute atomic E-state index is 0.0614. The fraction of sp³-hybridized carbons (Fsp3) is 0.409. The van der Waals surface area contributed by atoms with Gasteiger partial charge in [-0.15, -0.1) is 0 Å². The van der Waals surface area contributed by atoms with Gasteiger partial charge in [-0.05, 0) is 31.0 Å². The van der Waals surface area contributed by atoms with Gasteiger partial charge in [0.15, 0.2) is 5.82 Å². The first-order valence-electron chi connectivity index (χ1n) is 11.0. The summed E-state index contributed by atoms with van der Waals surface area (Å²) >= 11 is 0. The maximum Gasteiger partial charge on any atom is 0.429 e. The van der Waals surface area contributed by atoms with Gasteiger partial charge in [-0.3, -0.25) is 4.79 Å². The van der Waals surface area contributed by atoms with Crippen LogP contribution in [-0.4, -0.2) is 68.8 Å². The predicted octanol–water partition coefficient (Wildman–Crippen LogP) is 3.24. The molecule has 2 heterocycles. The molecule has 1 aromatic carbocycles. The Kier molecular flexibility index (Phi) is 6.52. The third kappa shape index (κ3) is 4.49. The third-order valence-electron chi connectivity index (χ3n) is 6.40. The summed E-state index contributed by atoms with van der Waals surface area (Å²) in [5, 5.41) is 14.8. The van der Waals surface area contributed by atoms with E-state index in [1.807, 2.05) is 0 Å². The molecule has 1 atom stereocenters. The average molecular weight is 565 g/mol. The van der Waals surface area contributed by atoms with E-state index in [4.69, 9.17) is 0 Å². The molecule has 0 bridgehead atoms. The fourth-order valence-electron chi connectivity index (χ4n) is 3.92. The van der Waals surface area contributed by atoms with Gasteiger partial charge in [0.2, 0.25) is 5.78 Å². The molecule has 16 heteroatoms. The highest BCUT2D eigenvalue weighted by molar-refractivity contribution is 7.87. The lowest BCUT2D eigenvalue weighted by atomic mass is 9.88. The molecule has 1 fully saturated rings. The molecule has 0 aliphatic heterocycles. The van der Waals surface area contributed by atoms with Crippen molar-refractivity contribution in [3.05, 3.63) is 66.0 Å². The van der Waals surface area contributed by atoms with E-state index in [0.717, 1.165) is 38.4 Å². The normalized spacial score (nSPS) is 17.4. The van der Waals surface area contributed by atoms with Crippen LogP contribution in [-0.2, 0) is 22.2 Å². The minimum atomic E-state index is -5.67. The average Bonchev–Trinajstić information content (AvgIpc) is 3.23. The maximum atomic E-state index is 14.3. The van der Waals surface area contributed by atoms with E-state index in [2.05, 4.69) is 10.1 Å². The van der Waals surface area contributed by atoms with Gasteiger partial charge in [-0.25, -0.2) is 13.6 Å². The lowest BCUT2D eigenvalue weighted by Gasteiger charge is -2.29. The third-order valence-corrected chi connectivity index (χ3v) is 8.10. The Labute approximate surface area is 212 Å². The molecule has 3 aromatic rings. The van der Waals surface area contributed by atoms with Crippen molar-refractivity contribution in [3.63, 3.8) is 0 Å². The summed E-state index contributed by atoms with van der Waals surface area (Å²) < 4.78 is 111. The van der Waals surface area contributed by atoms with Crippen molar-refractivity contribution in [1.29, 1.82) is 0 Å². The second-order valence-electron chi connectivity index (χ2n) is 9.13. The molecule has 0 saturated heterocycles. The van der Waals surface area contributed by atoms with Crippen LogP contribution < -0.4 is 0 Å². The molecular weight excluding hydrogens is 544 g/mol. The molecule has 9 nitrogen and oxygen atoms in total. The number of rotatable bonds is 8. The van der Waals surface area contributed by atoms with Gasteiger partial charge in [-0.2, -0.15) is 44.2 Å². The summed E-state index contributed by atoms with van der Waals surface area (Å²) in [6.45, 7) is 0. The maximum absolute atomic E-state index is 14.3. The van der Waals surface area contributed by atoms with Gasteiger partial charge in [0.25, 0.3) is 5.60 Å². The molecule has 1 unspecified atom stereocenters. The first kappa shape index (κ1) is 27.8. The molecule has 1 aliphatic rings. The van der Waals surface area contributed by atoms with E-state index in [1.54, 1.807) is 6.07 Å². The lowest BCUT2D eigenvalue weighted by molar-refractivity contribution is -0.242. The molecule has 4 rings (SSSR count). The highest BCUT2D eigenvalue weighted by Gasteiger charge is 2.64. The molecular formula is C22H21F6N5O4S. The molecule has 2 aromatic heterocycles. The number of benzene rings is 1. The van der Waals surface area contributed by atoms with Crippen molar-refractivity contribution < 1.29 is 44.7 Å². The second-order valence-corrected chi connectivity index (χ2v) is 11.2. The van der Waals surface area contributed by atoms with E-state index in [9.17, 15) is 44.7 Å². The van der Waals surface area contributed by atoms with Gasteiger partial charge in [0.1, 0.15) is 0 Å². The molecule has 1 saturated carbocycles. The van der Waals surface area contributed by atoms with E-state index in [1.165, 1.54) is 17.1 Å². The van der Waals surface area contributed by atoms with Gasteiger partial charge < -0.3 is 5.11 Å². The van der Waals surface area contributed by atoms with Crippen LogP contribution in [0, 0.1) is 5.41 Å². The van der Waals surface area contributed by atoms with Crippen molar-refractivity contribution in [2.75, 3.05) is 14.1 Å². The highest BCUT2D eigenvalue weighted by atomic mass is 32.2. The number of hydrogen-bond donors (Lipinski definition) is 1. The monoisotopic (exact) mass is 565 g/mol. The van der Waals surface area contributed by atoms with E-state index in [0.29, 0.717) is 10.5 Å². The van der Waals surface area contributed by atoms with Crippen molar-refractivity contribution in [1.82, 2.24) is 23.0 Å². The standard InChI is InChI=1S/C22H21F6N5O4S/c1-31(2)38(36,37)33-13-15(12-19(8-9-19)21(23,24)25)30-18(33)17(34)20(35,22(26,27)28)14-4-6-16(7-5-14)32-11-3-10-29-32/h3-7,10-11,13,35H,8-9,12H2,1-2H3. The Balaban J connectivity index is 1.84. The number of Topliss-reactive ketones (excluding diaryl/α,β-unsaturated/α-hetero) is 1. The number of carbonyl (C=O) groups excluding carboxylic acids is 1. The number of alkyl halides is 6. The molecule has 1 aliphatic carbocycles. The number of aromatic nitrogens is 4. The van der Waals surface area contributed by atoms with E-state index in [-0.39, 0.29) is 22.5 Å². The van der Waals surface area contributed by atoms with Crippen molar-refractivity contribution in [2.24, 2.45) is 5.41 Å². The lowest BCUT2D eigenvalue weighted by Crippen LogP contribution is -2.50. The van der Waals surface area contributed by atoms with Crippen LogP contribution in [0.25, 0.3) is 5.69 Å². The van der Waals surface area contributed by atoms with Gasteiger partial charge in [-0.1, -0.05) is 12.1 Å². The predicted molar refractivity (Wildman–Crippen MR) is 120 cm³/mol. The van der Waals surface area contributed by atoms with Gasteiger partial charge >= 0.3 is 22.6 Å². The van der Waals surface area contributed by atoms with Crippen LogP contribution in [0.3, 0.4) is 0 Å². The minimum Gasteiger partial charge on any atom is -0.370 e. The number of hydrogen-bond acceptors (Lipinski definition) is 6. The summed E-state index contributed by atoms with van der Waals surface area (Å²) in [5.74, 6) is -3.56. The molecule has 38 heavy (non-hydrogen) atoms. The van der Waals surface area contributed by atoms with Crippen LogP contribution in [0.4, 0.5) is 26.3 Å². The molecule has 0 spiro atoms. The zero-order valence-electron chi connectivity index (χ0n) is 19.8. The Bertz CT molecular complexity index is 1440. The van der Waals surface area contributed by atoms with Crippen LogP contribution in [0.5, 0.6) is 0 Å². The van der Waals surface area contributed by atoms with Crippen LogP contribution in [0.2, 0.25) is 0 Å². The summed E-state index contributed by atoms with van der Waals surface area (Å²) in [6, 6.07) is 5.44. The number of carbonyl (C=O) groups is 1. The van der Waals surface area contributed by atoms with Gasteiger partial charge in [0.05, 0.1) is 16.8 Å². The Morgan fingerprint density at radius 2 is 1.71 bits per heavy atom. The molecule has 206 valence electrons. The summed E-state index contributed by atoms with van der Waals surface area (Å²) in [4.78, 5) is 16.9. The van der Waals surface area contributed by atoms with E-state index < -0.39 is 62.9 Å². The topological polar surface area (TPSA) is 110 Å². The quantitative estimate of drug-likeness (QED) is 0.332. The highest BCUT2D eigenvalue weighted by Crippen LogP contribution is 2.59. The second kappa shape index (κ2) is 8.91. The molecule has 1 N–H and O–H groups in total. The number of halogens is 6. The van der Waals surface area contributed by atoms with Crippen molar-refractivity contribution >= 4 is 16.0 Å². The number of aliphatic hydroxyl groups is 1. The van der Waals surface area contributed by atoms with Crippen molar-refractivity contribution in [3.8, 4) is 5.69 Å². The SMILES string of the molecule is CN(C)S(=O)(=O)n1cc(CC2(C(F)(F)F)CC2)nc1C(=O)C(O)(c1ccc(-n2cccn2)cc1)C(F)(F)F. The number of ketones is 1. The number of nitrogens with zero attached hydrogens (tertiary/aromatic N) is 5. The Morgan fingerprint density at radius 1 is 1.11 bits per heavy atom. The summed E-state index contributed by atoms with van der Waals surface area (Å²) in [6.07, 6.45) is -8.29. The van der Waals surface area contributed by atoms with Gasteiger partial charge in [0, 0.05) is 44.7 Å². The van der Waals surface area contributed by atoms with Crippen molar-refractivity contribution in [2.45, 2.75) is 37.2 Å². The number of imidazole rings is 1. The molecule has 0 radical (unpaired) electrons. The largest absolute Gasteiger partial charge is 0.429 e. The summed E-state index contributed by atoms with van der Waals surface area (Å²) in [7, 11) is -2.72. The van der Waals surface area contributed by atoms with Crippen LogP contribution in [0.15, 0.2) is 48.9 Å². The van der Waals surface area contributed by atoms with Crippen LogP contribution in [0.1, 0.15) is 34.7 Å². The molecule has 0 amide bonds. The summed E-state index contributed by atoms with van der Waals surface area (Å²) in [5.41, 5.74) is -7.74. The van der Waals surface area contributed by atoms with Crippen LogP contribution >= 0.6 is 0 Å². The smallest absolute Gasteiger partial charge is 0.370 e. The zero-order chi connectivity index (χ0) is 28.3. The zero-order valence-corrected chi connectivity index (χ0v) is 20.6. The Hall–Kier alpha value is -3.24. The Morgan fingerprint density at radius 3 is 2.16 bits per heavy atom. The first-order valence-corrected chi connectivity index (χ1v) is 12.4. The fourth-order valence-corrected chi connectivity index (χ4v) is 4.87. The van der Waals surface area contributed by atoms with E-state index >= 15 is 0 Å².